The van der Waals surface area contributed by atoms with Crippen molar-refractivity contribution in [2.24, 2.45) is 12.8 Å². The van der Waals surface area contributed by atoms with Gasteiger partial charge in [-0.2, -0.15) is 5.26 Å². The van der Waals surface area contributed by atoms with E-state index in [0.717, 1.165) is 16.5 Å². The van der Waals surface area contributed by atoms with Gasteiger partial charge in [-0.05, 0) is 6.07 Å². The van der Waals surface area contributed by atoms with Crippen molar-refractivity contribution in [3.05, 3.63) is 30.2 Å². The van der Waals surface area contributed by atoms with E-state index in [-0.39, 0.29) is 0 Å². The van der Waals surface area contributed by atoms with Crippen LogP contribution in [0, 0.1) is 11.3 Å². The summed E-state index contributed by atoms with van der Waals surface area (Å²) >= 11 is 0. The van der Waals surface area contributed by atoms with Gasteiger partial charge < -0.3 is 10.3 Å². The molecular weight excluding hydrogens is 176 g/mol. The molecule has 2 rings (SSSR count). The van der Waals surface area contributed by atoms with Gasteiger partial charge in [0.05, 0.1) is 11.6 Å². The summed E-state index contributed by atoms with van der Waals surface area (Å²) in [6.45, 7) is 0. The van der Waals surface area contributed by atoms with E-state index < -0.39 is 6.04 Å². The number of nitrogens with two attached hydrogens (primary N) is 1. The molecule has 0 radical (unpaired) electrons. The highest BCUT2D eigenvalue weighted by Crippen LogP contribution is 2.21. The van der Waals surface area contributed by atoms with E-state index in [1.807, 2.05) is 29.9 Å². The van der Waals surface area contributed by atoms with Crippen molar-refractivity contribution in [2.45, 2.75) is 6.04 Å². The first-order chi connectivity index (χ1) is 6.74. The summed E-state index contributed by atoms with van der Waals surface area (Å²) in [6, 6.07) is 3.36. The molecule has 0 bridgehead atoms. The van der Waals surface area contributed by atoms with Gasteiger partial charge in [0, 0.05) is 36.6 Å². The van der Waals surface area contributed by atoms with Crippen molar-refractivity contribution < 1.29 is 0 Å². The Hall–Kier alpha value is -1.86. The van der Waals surface area contributed by atoms with Crippen LogP contribution in [0.2, 0.25) is 0 Å². The number of aromatic nitrogens is 2. The summed E-state index contributed by atoms with van der Waals surface area (Å²) in [4.78, 5) is 4.05. The van der Waals surface area contributed by atoms with Gasteiger partial charge in [-0.1, -0.05) is 0 Å². The Bertz CT molecular complexity index is 506. The molecule has 70 valence electrons. The minimum Gasteiger partial charge on any atom is -0.350 e. The SMILES string of the molecule is Cn1ccc2cncc(C(N)C#N)c21. The number of pyridine rings is 1. The highest BCUT2D eigenvalue weighted by Gasteiger charge is 2.11. The molecule has 2 heterocycles. The van der Waals surface area contributed by atoms with Crippen LogP contribution in [0.4, 0.5) is 0 Å². The van der Waals surface area contributed by atoms with Gasteiger partial charge in [-0.25, -0.2) is 0 Å². The van der Waals surface area contributed by atoms with Crippen LogP contribution >= 0.6 is 0 Å². The summed E-state index contributed by atoms with van der Waals surface area (Å²) in [6.07, 6.45) is 5.35. The predicted molar refractivity (Wildman–Crippen MR) is 53.3 cm³/mol. The second-order valence-corrected chi connectivity index (χ2v) is 3.20. The van der Waals surface area contributed by atoms with Crippen molar-refractivity contribution in [3.8, 4) is 6.07 Å². The Morgan fingerprint density at radius 3 is 3.07 bits per heavy atom. The third-order valence-electron chi connectivity index (χ3n) is 2.28. The number of fused-ring (bicyclic) bond motifs is 1. The summed E-state index contributed by atoms with van der Waals surface area (Å²) in [5.41, 5.74) is 7.43. The molecule has 4 heteroatoms. The lowest BCUT2D eigenvalue weighted by atomic mass is 10.1. The van der Waals surface area contributed by atoms with E-state index in [1.165, 1.54) is 0 Å². The third kappa shape index (κ3) is 1.15. The molecule has 0 aliphatic carbocycles. The standard InChI is InChI=1S/C10H10N4/c1-14-3-2-7-5-13-6-8(10(7)14)9(12)4-11/h2-3,5-6,9H,12H2,1H3. The average molecular weight is 186 g/mol. The minimum atomic E-state index is -0.611. The highest BCUT2D eigenvalue weighted by atomic mass is 14.9. The van der Waals surface area contributed by atoms with Gasteiger partial charge >= 0.3 is 0 Å². The van der Waals surface area contributed by atoms with Gasteiger partial charge in [-0.3, -0.25) is 4.98 Å². The highest BCUT2D eigenvalue weighted by molar-refractivity contribution is 5.82. The quantitative estimate of drug-likeness (QED) is 0.725. The minimum absolute atomic E-state index is 0.611. The monoisotopic (exact) mass is 186 g/mol. The zero-order chi connectivity index (χ0) is 10.1. The van der Waals surface area contributed by atoms with Crippen LogP contribution in [0.15, 0.2) is 24.7 Å². The Morgan fingerprint density at radius 1 is 1.57 bits per heavy atom. The molecule has 1 atom stereocenters. The van der Waals surface area contributed by atoms with Gasteiger partial charge in [0.2, 0.25) is 0 Å². The first-order valence-corrected chi connectivity index (χ1v) is 4.28. The number of hydrogen-bond donors (Lipinski definition) is 1. The van der Waals surface area contributed by atoms with E-state index in [1.54, 1.807) is 12.4 Å². The van der Waals surface area contributed by atoms with Crippen LogP contribution < -0.4 is 5.73 Å². The summed E-state index contributed by atoms with van der Waals surface area (Å²) < 4.78 is 1.95. The van der Waals surface area contributed by atoms with Crippen LogP contribution in [0.5, 0.6) is 0 Å². The molecule has 14 heavy (non-hydrogen) atoms. The molecule has 0 aliphatic heterocycles. The van der Waals surface area contributed by atoms with Gasteiger partial charge in [0.15, 0.2) is 0 Å². The second kappa shape index (κ2) is 3.13. The molecule has 0 saturated carbocycles. The number of rotatable bonds is 1. The zero-order valence-electron chi connectivity index (χ0n) is 7.81. The van der Waals surface area contributed by atoms with Crippen molar-refractivity contribution >= 4 is 10.9 Å². The van der Waals surface area contributed by atoms with Crippen molar-refractivity contribution in [2.75, 3.05) is 0 Å². The van der Waals surface area contributed by atoms with Crippen LogP contribution in [0.3, 0.4) is 0 Å². The lowest BCUT2D eigenvalue weighted by molar-refractivity contribution is 0.894. The Balaban J connectivity index is 2.76. The Labute approximate surface area is 81.6 Å². The smallest absolute Gasteiger partial charge is 0.122 e. The third-order valence-corrected chi connectivity index (χ3v) is 2.28. The van der Waals surface area contributed by atoms with E-state index >= 15 is 0 Å². The molecule has 1 unspecified atom stereocenters. The van der Waals surface area contributed by atoms with Crippen LogP contribution in [-0.2, 0) is 7.05 Å². The molecule has 0 aromatic carbocycles. The molecule has 0 amide bonds. The lowest BCUT2D eigenvalue weighted by Gasteiger charge is -2.06. The fourth-order valence-corrected chi connectivity index (χ4v) is 1.58. The maximum Gasteiger partial charge on any atom is 0.122 e. The molecule has 0 fully saturated rings. The van der Waals surface area contributed by atoms with Crippen molar-refractivity contribution in [3.63, 3.8) is 0 Å². The number of aryl methyl sites for hydroxylation is 1. The Kier molecular flexibility index (Phi) is 1.95. The maximum atomic E-state index is 8.76. The van der Waals surface area contributed by atoms with Crippen molar-refractivity contribution in [1.29, 1.82) is 5.26 Å². The zero-order valence-corrected chi connectivity index (χ0v) is 7.81. The van der Waals surface area contributed by atoms with Gasteiger partial charge in [-0.15, -0.1) is 0 Å². The Morgan fingerprint density at radius 2 is 2.36 bits per heavy atom. The molecule has 0 saturated heterocycles. The van der Waals surface area contributed by atoms with Crippen LogP contribution in [0.1, 0.15) is 11.6 Å². The molecule has 2 N–H and O–H groups in total. The topological polar surface area (TPSA) is 67.6 Å². The van der Waals surface area contributed by atoms with E-state index in [9.17, 15) is 0 Å². The fourth-order valence-electron chi connectivity index (χ4n) is 1.58. The average Bonchev–Trinajstić information content (AvgIpc) is 2.59. The molecular formula is C10H10N4. The van der Waals surface area contributed by atoms with Crippen LogP contribution in [-0.4, -0.2) is 9.55 Å². The summed E-state index contributed by atoms with van der Waals surface area (Å²) in [7, 11) is 1.93. The lowest BCUT2D eigenvalue weighted by Crippen LogP contribution is -2.09. The summed E-state index contributed by atoms with van der Waals surface area (Å²) in [5.74, 6) is 0. The first-order valence-electron chi connectivity index (χ1n) is 4.28. The van der Waals surface area contributed by atoms with E-state index in [4.69, 9.17) is 11.0 Å². The largest absolute Gasteiger partial charge is 0.350 e. The molecule has 2 aromatic heterocycles. The van der Waals surface area contributed by atoms with Crippen molar-refractivity contribution in [1.82, 2.24) is 9.55 Å². The molecule has 4 nitrogen and oxygen atoms in total. The first kappa shape index (κ1) is 8.73. The fraction of sp³-hybridized carbons (Fsp3) is 0.200. The summed E-state index contributed by atoms with van der Waals surface area (Å²) in [5, 5.41) is 9.77. The second-order valence-electron chi connectivity index (χ2n) is 3.20. The maximum absolute atomic E-state index is 8.76. The van der Waals surface area contributed by atoms with Crippen LogP contribution in [0.25, 0.3) is 10.9 Å². The van der Waals surface area contributed by atoms with E-state index in [2.05, 4.69) is 4.98 Å². The molecule has 0 aliphatic rings. The molecule has 0 spiro atoms. The number of hydrogen-bond acceptors (Lipinski definition) is 3. The van der Waals surface area contributed by atoms with Gasteiger partial charge in [0.25, 0.3) is 0 Å². The number of nitrogens with zero attached hydrogens (tertiary/aromatic N) is 3. The normalized spacial score (nSPS) is 12.6. The molecule has 2 aromatic rings. The van der Waals surface area contributed by atoms with Gasteiger partial charge in [0.1, 0.15) is 6.04 Å². The predicted octanol–water partition coefficient (Wildman–Crippen LogP) is 1.10. The van der Waals surface area contributed by atoms with E-state index in [0.29, 0.717) is 0 Å². The number of nitriles is 1.